The number of fused-ring (bicyclic) bond motifs is 2. The summed E-state index contributed by atoms with van der Waals surface area (Å²) in [5, 5.41) is 2.99. The Bertz CT molecular complexity index is 1260. The van der Waals surface area contributed by atoms with E-state index in [9.17, 15) is 4.79 Å². The molecule has 7 heteroatoms. The molecular weight excluding hydrogens is 358 g/mol. The number of hydrogen-bond donors (Lipinski definition) is 1. The van der Waals surface area contributed by atoms with Crippen LogP contribution in [0.5, 0.6) is 0 Å². The Morgan fingerprint density at radius 3 is 2.74 bits per heavy atom. The van der Waals surface area contributed by atoms with Crippen LogP contribution in [0.25, 0.3) is 27.9 Å². The van der Waals surface area contributed by atoms with Gasteiger partial charge in [-0.25, -0.2) is 4.98 Å². The molecule has 3 heterocycles. The highest BCUT2D eigenvalue weighted by Crippen LogP contribution is 2.28. The van der Waals surface area contributed by atoms with Crippen molar-refractivity contribution in [3.8, 4) is 11.3 Å². The zero-order valence-electron chi connectivity index (χ0n) is 14.0. The maximum atomic E-state index is 12.8. The number of benzene rings is 2. The van der Waals surface area contributed by atoms with Crippen LogP contribution in [0.15, 0.2) is 73.1 Å². The summed E-state index contributed by atoms with van der Waals surface area (Å²) >= 11 is 1.14. The van der Waals surface area contributed by atoms with Crippen LogP contribution in [0.3, 0.4) is 0 Å². The van der Waals surface area contributed by atoms with Gasteiger partial charge >= 0.3 is 0 Å². The summed E-state index contributed by atoms with van der Waals surface area (Å²) in [5.74, 6) is -0.193. The number of hydrogen-bond acceptors (Lipinski definition) is 5. The van der Waals surface area contributed by atoms with Gasteiger partial charge in [0.15, 0.2) is 0 Å². The van der Waals surface area contributed by atoms with E-state index < -0.39 is 0 Å². The third-order valence-corrected chi connectivity index (χ3v) is 4.89. The molecule has 1 amide bonds. The fourth-order valence-corrected chi connectivity index (χ4v) is 3.52. The lowest BCUT2D eigenvalue weighted by Gasteiger charge is -2.09. The summed E-state index contributed by atoms with van der Waals surface area (Å²) in [6.45, 7) is 0. The van der Waals surface area contributed by atoms with Crippen LogP contribution >= 0.6 is 11.7 Å². The molecule has 0 saturated carbocycles. The predicted molar refractivity (Wildman–Crippen MR) is 106 cm³/mol. The minimum absolute atomic E-state index is 0.193. The highest BCUT2D eigenvalue weighted by atomic mass is 32.1. The highest BCUT2D eigenvalue weighted by molar-refractivity contribution is 7.00. The van der Waals surface area contributed by atoms with Gasteiger partial charge in [0.1, 0.15) is 16.7 Å². The van der Waals surface area contributed by atoms with Gasteiger partial charge in [-0.05, 0) is 36.4 Å². The van der Waals surface area contributed by atoms with Crippen molar-refractivity contribution in [2.24, 2.45) is 0 Å². The van der Waals surface area contributed by atoms with Gasteiger partial charge in [-0.2, -0.15) is 8.75 Å². The van der Waals surface area contributed by atoms with Gasteiger partial charge in [-0.3, -0.25) is 4.79 Å². The maximum Gasteiger partial charge on any atom is 0.255 e. The summed E-state index contributed by atoms with van der Waals surface area (Å²) in [4.78, 5) is 17.4. The van der Waals surface area contributed by atoms with E-state index >= 15 is 0 Å². The van der Waals surface area contributed by atoms with Crippen LogP contribution in [-0.2, 0) is 0 Å². The minimum atomic E-state index is -0.193. The van der Waals surface area contributed by atoms with E-state index in [1.54, 1.807) is 12.1 Å². The van der Waals surface area contributed by atoms with E-state index in [0.717, 1.165) is 39.7 Å². The Balaban J connectivity index is 1.51. The molecule has 0 unspecified atom stereocenters. The van der Waals surface area contributed by atoms with Crippen LogP contribution in [0.2, 0.25) is 0 Å². The number of rotatable bonds is 3. The number of imidazole rings is 1. The van der Waals surface area contributed by atoms with Crippen molar-refractivity contribution in [2.75, 3.05) is 5.32 Å². The number of nitrogens with zero attached hydrogens (tertiary/aromatic N) is 4. The highest BCUT2D eigenvalue weighted by Gasteiger charge is 2.13. The molecule has 5 rings (SSSR count). The molecule has 0 aliphatic heterocycles. The van der Waals surface area contributed by atoms with Gasteiger partial charge < -0.3 is 9.72 Å². The standard InChI is InChI=1S/C20H13N5OS/c26-20(13-8-9-16-17(11-13)24-27-23-16)22-15-6-2-1-5-14(15)18-12-25-10-4-3-7-19(25)21-18/h1-12H,(H,22,26). The van der Waals surface area contributed by atoms with Crippen molar-refractivity contribution in [1.29, 1.82) is 0 Å². The fraction of sp³-hybridized carbons (Fsp3) is 0. The lowest BCUT2D eigenvalue weighted by molar-refractivity contribution is 0.102. The number of para-hydroxylation sites is 1. The topological polar surface area (TPSA) is 72.2 Å². The number of carbonyl (C=O) groups is 1. The summed E-state index contributed by atoms with van der Waals surface area (Å²) in [7, 11) is 0. The van der Waals surface area contributed by atoms with Crippen molar-refractivity contribution < 1.29 is 4.79 Å². The molecule has 2 aromatic carbocycles. The molecule has 5 aromatic rings. The zero-order valence-corrected chi connectivity index (χ0v) is 14.9. The van der Waals surface area contributed by atoms with Gasteiger partial charge in [0.05, 0.1) is 23.1 Å². The second-order valence-corrected chi connectivity index (χ2v) is 6.59. The van der Waals surface area contributed by atoms with E-state index in [-0.39, 0.29) is 5.91 Å². The first-order valence-electron chi connectivity index (χ1n) is 8.35. The zero-order chi connectivity index (χ0) is 18.2. The van der Waals surface area contributed by atoms with E-state index in [1.165, 1.54) is 0 Å². The second kappa shape index (κ2) is 6.30. The Hall–Kier alpha value is -3.58. The summed E-state index contributed by atoms with van der Waals surface area (Å²) in [6.07, 6.45) is 3.90. The molecule has 0 fully saturated rings. The van der Waals surface area contributed by atoms with Crippen LogP contribution in [0, 0.1) is 0 Å². The first-order valence-corrected chi connectivity index (χ1v) is 9.08. The number of anilines is 1. The lowest BCUT2D eigenvalue weighted by Crippen LogP contribution is -2.12. The van der Waals surface area contributed by atoms with Crippen molar-refractivity contribution in [1.82, 2.24) is 18.1 Å². The van der Waals surface area contributed by atoms with Crippen LogP contribution < -0.4 is 5.32 Å². The van der Waals surface area contributed by atoms with Gasteiger partial charge in [0.2, 0.25) is 0 Å². The Morgan fingerprint density at radius 1 is 0.963 bits per heavy atom. The number of nitrogens with one attached hydrogen (secondary N) is 1. The van der Waals surface area contributed by atoms with Gasteiger partial charge in [-0.15, -0.1) is 0 Å². The van der Waals surface area contributed by atoms with Gasteiger partial charge in [-0.1, -0.05) is 24.3 Å². The Kier molecular flexibility index (Phi) is 3.65. The van der Waals surface area contributed by atoms with E-state index in [1.807, 2.05) is 65.3 Å². The third kappa shape index (κ3) is 2.84. The minimum Gasteiger partial charge on any atom is -0.321 e. The normalized spacial score (nSPS) is 11.1. The van der Waals surface area contributed by atoms with E-state index in [0.29, 0.717) is 11.3 Å². The smallest absolute Gasteiger partial charge is 0.255 e. The van der Waals surface area contributed by atoms with E-state index in [2.05, 4.69) is 19.0 Å². The molecule has 130 valence electrons. The van der Waals surface area contributed by atoms with E-state index in [4.69, 9.17) is 0 Å². The molecule has 3 aromatic heterocycles. The average molecular weight is 371 g/mol. The predicted octanol–water partition coefficient (Wildman–Crippen LogP) is 4.26. The number of aromatic nitrogens is 4. The molecule has 0 radical (unpaired) electrons. The van der Waals surface area contributed by atoms with Gasteiger partial charge in [0.25, 0.3) is 5.91 Å². The van der Waals surface area contributed by atoms with Gasteiger partial charge in [0, 0.05) is 23.5 Å². The van der Waals surface area contributed by atoms with Crippen LogP contribution in [0.4, 0.5) is 5.69 Å². The van der Waals surface area contributed by atoms with Crippen molar-refractivity contribution in [2.45, 2.75) is 0 Å². The first kappa shape index (κ1) is 15.7. The number of pyridine rings is 1. The number of carbonyl (C=O) groups excluding carboxylic acids is 1. The summed E-state index contributed by atoms with van der Waals surface area (Å²) in [5.41, 5.74) is 5.29. The molecule has 0 spiro atoms. The molecule has 1 N–H and O–H groups in total. The fourth-order valence-electron chi connectivity index (χ4n) is 3.00. The third-order valence-electron chi connectivity index (χ3n) is 4.33. The first-order chi connectivity index (χ1) is 13.3. The molecule has 0 saturated heterocycles. The maximum absolute atomic E-state index is 12.8. The molecule has 6 nitrogen and oxygen atoms in total. The molecule has 0 atom stereocenters. The molecule has 0 aliphatic carbocycles. The quantitative estimate of drug-likeness (QED) is 0.514. The average Bonchev–Trinajstić information content (AvgIpc) is 3.34. The SMILES string of the molecule is O=C(Nc1ccccc1-c1cn2ccccc2n1)c1ccc2nsnc2c1. The Morgan fingerprint density at radius 2 is 1.81 bits per heavy atom. The molecule has 0 bridgehead atoms. The van der Waals surface area contributed by atoms with Crippen molar-refractivity contribution >= 4 is 40.0 Å². The Labute approximate surface area is 158 Å². The summed E-state index contributed by atoms with van der Waals surface area (Å²) in [6, 6.07) is 18.8. The molecule has 0 aliphatic rings. The second-order valence-electron chi connectivity index (χ2n) is 6.06. The molecular formula is C20H13N5OS. The van der Waals surface area contributed by atoms with Crippen molar-refractivity contribution in [3.05, 3.63) is 78.6 Å². The van der Waals surface area contributed by atoms with Crippen LogP contribution in [0.1, 0.15) is 10.4 Å². The largest absolute Gasteiger partial charge is 0.321 e. The lowest BCUT2D eigenvalue weighted by atomic mass is 10.1. The van der Waals surface area contributed by atoms with Crippen LogP contribution in [-0.4, -0.2) is 24.0 Å². The monoisotopic (exact) mass is 371 g/mol. The summed E-state index contributed by atoms with van der Waals surface area (Å²) < 4.78 is 10.3. The number of amides is 1. The molecule has 27 heavy (non-hydrogen) atoms. The van der Waals surface area contributed by atoms with Crippen molar-refractivity contribution in [3.63, 3.8) is 0 Å².